The average molecular weight is 467 g/mol. The summed E-state index contributed by atoms with van der Waals surface area (Å²) in [5, 5.41) is 19.7. The van der Waals surface area contributed by atoms with Crippen LogP contribution in [-0.4, -0.2) is 48.7 Å². The number of amides is 1. The van der Waals surface area contributed by atoms with Gasteiger partial charge in [-0.2, -0.15) is 13.2 Å². The van der Waals surface area contributed by atoms with E-state index in [9.17, 15) is 35.9 Å². The SMILES string of the molecule is C[C@@](O)(C(=O)Nc1ccc(S(=O)(=O)c2ccc(SCCO)cc2)cc1F)C(F)(F)F. The van der Waals surface area contributed by atoms with Gasteiger partial charge in [0.2, 0.25) is 15.4 Å². The molecule has 0 spiro atoms. The summed E-state index contributed by atoms with van der Waals surface area (Å²) in [6, 6.07) is 7.88. The summed E-state index contributed by atoms with van der Waals surface area (Å²) in [4.78, 5) is 11.7. The van der Waals surface area contributed by atoms with Crippen LogP contribution in [0.25, 0.3) is 0 Å². The Hall–Kier alpha value is -2.15. The van der Waals surface area contributed by atoms with Gasteiger partial charge in [0, 0.05) is 10.6 Å². The van der Waals surface area contributed by atoms with Gasteiger partial charge in [-0.1, -0.05) is 0 Å². The highest BCUT2D eigenvalue weighted by atomic mass is 32.2. The van der Waals surface area contributed by atoms with Gasteiger partial charge in [-0.05, 0) is 49.4 Å². The number of nitrogens with one attached hydrogen (secondary N) is 1. The first-order chi connectivity index (χ1) is 13.8. The molecule has 2 rings (SSSR count). The fourth-order valence-electron chi connectivity index (χ4n) is 2.15. The van der Waals surface area contributed by atoms with Crippen molar-refractivity contribution in [1.82, 2.24) is 0 Å². The smallest absolute Gasteiger partial charge is 0.396 e. The summed E-state index contributed by atoms with van der Waals surface area (Å²) >= 11 is 1.30. The van der Waals surface area contributed by atoms with Crippen molar-refractivity contribution in [2.75, 3.05) is 17.7 Å². The Labute approximate surface area is 173 Å². The molecular weight excluding hydrogens is 450 g/mol. The first-order valence-corrected chi connectivity index (χ1v) is 10.8. The number of hydrogen-bond donors (Lipinski definition) is 3. The Kier molecular flexibility index (Phi) is 7.17. The second-order valence-electron chi connectivity index (χ2n) is 6.21. The van der Waals surface area contributed by atoms with E-state index >= 15 is 0 Å². The molecule has 0 unspecified atom stereocenters. The van der Waals surface area contributed by atoms with E-state index in [1.165, 1.54) is 36.0 Å². The lowest BCUT2D eigenvalue weighted by atomic mass is 10.1. The van der Waals surface area contributed by atoms with E-state index in [2.05, 4.69) is 0 Å². The summed E-state index contributed by atoms with van der Waals surface area (Å²) < 4.78 is 77.7. The van der Waals surface area contributed by atoms with Gasteiger partial charge in [-0.25, -0.2) is 12.8 Å². The topological polar surface area (TPSA) is 104 Å². The van der Waals surface area contributed by atoms with Crippen LogP contribution in [0, 0.1) is 5.82 Å². The lowest BCUT2D eigenvalue weighted by Crippen LogP contribution is -2.52. The van der Waals surface area contributed by atoms with Crippen LogP contribution in [0.5, 0.6) is 0 Å². The average Bonchev–Trinajstić information content (AvgIpc) is 2.67. The third kappa shape index (κ3) is 5.12. The van der Waals surface area contributed by atoms with Crippen LogP contribution in [0.2, 0.25) is 0 Å². The Morgan fingerprint density at radius 3 is 2.17 bits per heavy atom. The maximum atomic E-state index is 14.3. The van der Waals surface area contributed by atoms with Gasteiger partial charge in [0.1, 0.15) is 5.82 Å². The van der Waals surface area contributed by atoms with Crippen molar-refractivity contribution in [2.24, 2.45) is 0 Å². The van der Waals surface area contributed by atoms with Gasteiger partial charge in [0.15, 0.2) is 0 Å². The van der Waals surface area contributed by atoms with Gasteiger partial charge in [0.05, 0.1) is 22.1 Å². The monoisotopic (exact) mass is 467 g/mol. The number of thioether (sulfide) groups is 1. The van der Waals surface area contributed by atoms with E-state index in [1.807, 2.05) is 0 Å². The van der Waals surface area contributed by atoms with Crippen molar-refractivity contribution in [3.05, 3.63) is 48.3 Å². The third-order valence-electron chi connectivity index (χ3n) is 3.99. The number of rotatable bonds is 7. The molecule has 1 atom stereocenters. The van der Waals surface area contributed by atoms with Crippen molar-refractivity contribution in [3.8, 4) is 0 Å². The van der Waals surface area contributed by atoms with Crippen molar-refractivity contribution >= 4 is 33.2 Å². The molecule has 2 aromatic rings. The van der Waals surface area contributed by atoms with Crippen LogP contribution in [-0.2, 0) is 14.6 Å². The highest BCUT2D eigenvalue weighted by Gasteiger charge is 2.55. The number of sulfone groups is 1. The van der Waals surface area contributed by atoms with E-state index in [4.69, 9.17) is 5.11 Å². The second-order valence-corrected chi connectivity index (χ2v) is 9.33. The number of carbonyl (C=O) groups is 1. The molecule has 0 aliphatic heterocycles. The first-order valence-electron chi connectivity index (χ1n) is 8.29. The third-order valence-corrected chi connectivity index (χ3v) is 6.75. The van der Waals surface area contributed by atoms with Crippen molar-refractivity contribution in [1.29, 1.82) is 0 Å². The molecule has 0 bridgehead atoms. The molecular formula is C18H17F4NO5S2. The first kappa shape index (κ1) is 24.1. The molecule has 0 saturated heterocycles. The lowest BCUT2D eigenvalue weighted by molar-refractivity contribution is -0.242. The number of hydrogen-bond acceptors (Lipinski definition) is 6. The number of aliphatic hydroxyl groups excluding tert-OH is 1. The van der Waals surface area contributed by atoms with Crippen LogP contribution in [0.15, 0.2) is 57.2 Å². The van der Waals surface area contributed by atoms with E-state index in [-0.39, 0.29) is 18.4 Å². The molecule has 0 fully saturated rings. The minimum Gasteiger partial charge on any atom is -0.396 e. The van der Waals surface area contributed by atoms with Crippen molar-refractivity contribution in [2.45, 2.75) is 33.4 Å². The Balaban J connectivity index is 2.26. The zero-order valence-electron chi connectivity index (χ0n) is 15.4. The molecule has 6 nitrogen and oxygen atoms in total. The summed E-state index contributed by atoms with van der Waals surface area (Å²) in [5.41, 5.74) is -4.49. The van der Waals surface area contributed by atoms with E-state index < -0.39 is 43.9 Å². The zero-order valence-corrected chi connectivity index (χ0v) is 17.0. The molecule has 0 aliphatic rings. The molecule has 0 radical (unpaired) electrons. The molecule has 2 aromatic carbocycles. The maximum Gasteiger partial charge on any atom is 0.426 e. The Morgan fingerprint density at radius 1 is 1.10 bits per heavy atom. The normalized spacial score (nSPS) is 14.2. The summed E-state index contributed by atoms with van der Waals surface area (Å²) in [7, 11) is -4.14. The lowest BCUT2D eigenvalue weighted by Gasteiger charge is -2.25. The van der Waals surface area contributed by atoms with E-state index in [0.29, 0.717) is 16.7 Å². The molecule has 164 valence electrons. The van der Waals surface area contributed by atoms with Crippen LogP contribution in [0.3, 0.4) is 0 Å². The quantitative estimate of drug-likeness (QED) is 0.427. The zero-order chi connectivity index (χ0) is 22.7. The van der Waals surface area contributed by atoms with Crippen molar-refractivity contribution < 1.29 is 41.0 Å². The number of alkyl halides is 3. The van der Waals surface area contributed by atoms with E-state index in [1.54, 1.807) is 5.32 Å². The number of benzene rings is 2. The van der Waals surface area contributed by atoms with Gasteiger partial charge in [-0.3, -0.25) is 4.79 Å². The summed E-state index contributed by atoms with van der Waals surface area (Å²) in [5.74, 6) is -2.79. The van der Waals surface area contributed by atoms with Gasteiger partial charge < -0.3 is 15.5 Å². The predicted octanol–water partition coefficient (Wildman–Crippen LogP) is 2.99. The maximum absolute atomic E-state index is 14.3. The Morgan fingerprint density at radius 2 is 1.67 bits per heavy atom. The predicted molar refractivity (Wildman–Crippen MR) is 101 cm³/mol. The minimum absolute atomic E-state index is 0.0503. The standard InChI is InChI=1S/C18H17F4NO5S2/c1-17(26,18(20,21)22)16(25)23-15-7-6-13(10-14(15)19)30(27,28)12-4-2-11(3-5-12)29-9-8-24/h2-7,10,24,26H,8-9H2,1H3,(H,23,25)/t17-/m1/s1. The second kappa shape index (κ2) is 8.92. The van der Waals surface area contributed by atoms with Crippen LogP contribution in [0.1, 0.15) is 6.92 Å². The minimum atomic E-state index is -5.29. The molecule has 12 heteroatoms. The summed E-state index contributed by atoms with van der Waals surface area (Å²) in [6.07, 6.45) is -5.29. The van der Waals surface area contributed by atoms with Gasteiger partial charge >= 0.3 is 6.18 Å². The molecule has 0 heterocycles. The number of anilines is 1. The van der Waals surface area contributed by atoms with Gasteiger partial charge in [0.25, 0.3) is 5.91 Å². The fourth-order valence-corrected chi connectivity index (χ4v) is 4.08. The van der Waals surface area contributed by atoms with Crippen LogP contribution in [0.4, 0.5) is 23.2 Å². The van der Waals surface area contributed by atoms with Gasteiger partial charge in [-0.15, -0.1) is 11.8 Å². The molecule has 30 heavy (non-hydrogen) atoms. The largest absolute Gasteiger partial charge is 0.426 e. The fraction of sp³-hybridized carbons (Fsp3) is 0.278. The molecule has 0 aliphatic carbocycles. The van der Waals surface area contributed by atoms with E-state index in [0.717, 1.165) is 12.1 Å². The molecule has 1 amide bonds. The number of carbonyl (C=O) groups excluding carboxylic acids is 1. The van der Waals surface area contributed by atoms with Crippen LogP contribution >= 0.6 is 11.8 Å². The molecule has 0 saturated carbocycles. The molecule has 0 aromatic heterocycles. The highest BCUT2D eigenvalue weighted by Crippen LogP contribution is 2.32. The number of halogens is 4. The highest BCUT2D eigenvalue weighted by molar-refractivity contribution is 7.99. The summed E-state index contributed by atoms with van der Waals surface area (Å²) in [6.45, 7) is 0.160. The van der Waals surface area contributed by atoms with Crippen LogP contribution < -0.4 is 5.32 Å². The molecule has 3 N–H and O–H groups in total. The van der Waals surface area contributed by atoms with Crippen molar-refractivity contribution in [3.63, 3.8) is 0 Å². The Bertz CT molecular complexity index is 1020. The number of aliphatic hydroxyl groups is 2.